The van der Waals surface area contributed by atoms with Crippen molar-refractivity contribution < 1.29 is 19.1 Å². The molecule has 1 aliphatic heterocycles. The van der Waals surface area contributed by atoms with Crippen LogP contribution >= 0.6 is 0 Å². The van der Waals surface area contributed by atoms with Gasteiger partial charge in [0.15, 0.2) is 12.3 Å². The molecule has 4 aromatic rings. The fraction of sp³-hybridized carbons (Fsp3) is 0.393. The maximum Gasteiger partial charge on any atom is 0.270 e. The van der Waals surface area contributed by atoms with Gasteiger partial charge in [0, 0.05) is 30.6 Å². The van der Waals surface area contributed by atoms with Crippen molar-refractivity contribution in [2.75, 3.05) is 18.5 Å². The minimum absolute atomic E-state index is 0.0174. The molecular weight excluding hydrogens is 526 g/mol. The maximum atomic E-state index is 13.5. The number of rotatable bonds is 7. The van der Waals surface area contributed by atoms with Gasteiger partial charge in [-0.15, -0.1) is 0 Å². The first-order valence-corrected chi connectivity index (χ1v) is 13.9. The third-order valence-electron chi connectivity index (χ3n) is 11.2. The summed E-state index contributed by atoms with van der Waals surface area (Å²) >= 11 is 0. The fourth-order valence-corrected chi connectivity index (χ4v) is 10.0. The van der Waals surface area contributed by atoms with Crippen molar-refractivity contribution in [1.82, 2.24) is 40.4 Å². The molecule has 11 rings (SSSR count). The molecule has 41 heavy (non-hydrogen) atoms. The van der Waals surface area contributed by atoms with Gasteiger partial charge in [-0.25, -0.2) is 14.5 Å². The number of benzene rings is 1. The van der Waals surface area contributed by atoms with Gasteiger partial charge in [-0.3, -0.25) is 19.5 Å². The van der Waals surface area contributed by atoms with Gasteiger partial charge in [-0.2, -0.15) is 10.2 Å². The molecule has 13 nitrogen and oxygen atoms in total. The van der Waals surface area contributed by atoms with Crippen LogP contribution in [0.3, 0.4) is 0 Å². The Balaban J connectivity index is 0.845. The van der Waals surface area contributed by atoms with E-state index in [-0.39, 0.29) is 47.2 Å². The quantitative estimate of drug-likeness (QED) is 0.259. The molecule has 6 saturated carbocycles. The first-order chi connectivity index (χ1) is 20.0. The average Bonchev–Trinajstić information content (AvgIpc) is 3.71. The highest BCUT2D eigenvalue weighted by Gasteiger charge is 3.10. The summed E-state index contributed by atoms with van der Waals surface area (Å²) < 4.78 is 6.86. The molecule has 4 heterocycles. The Morgan fingerprint density at radius 3 is 2.66 bits per heavy atom. The van der Waals surface area contributed by atoms with Crippen molar-refractivity contribution in [3.05, 3.63) is 65.6 Å². The van der Waals surface area contributed by atoms with Gasteiger partial charge in [-0.1, -0.05) is 6.07 Å². The first-order valence-electron chi connectivity index (χ1n) is 13.9. The molecule has 6 aliphatic carbocycles. The number of aromatic amines is 1. The standard InChI is InChI=1S/C28H23N9O4/c38-17-8-41-15-2-1-11(5-12(15)35-17)7-29-24(39)13-6-14(37-16(34-13)3-4-33-37)25(40)30-9-27-18-21-19(27)23-20(27)22(18)28(21,23)26-31-10-32-36-26/h1-6,10,18-23H,7-9H2,(H,29,39)(H,30,40)(H,35,38)(H,31,32,36). The summed E-state index contributed by atoms with van der Waals surface area (Å²) in [4.78, 5) is 47.1. The zero-order valence-electron chi connectivity index (χ0n) is 21.5. The van der Waals surface area contributed by atoms with E-state index in [9.17, 15) is 14.4 Å². The van der Waals surface area contributed by atoms with Crippen LogP contribution in [0.1, 0.15) is 32.4 Å². The van der Waals surface area contributed by atoms with Crippen LogP contribution in [-0.2, 0) is 16.8 Å². The van der Waals surface area contributed by atoms with Crippen molar-refractivity contribution in [3.8, 4) is 5.75 Å². The van der Waals surface area contributed by atoms with Gasteiger partial charge in [0.2, 0.25) is 0 Å². The Kier molecular flexibility index (Phi) is 3.70. The zero-order valence-corrected chi connectivity index (χ0v) is 21.5. The first kappa shape index (κ1) is 21.9. The lowest BCUT2D eigenvalue weighted by Gasteiger charge is -3.11. The Labute approximate surface area is 231 Å². The predicted octanol–water partition coefficient (Wildman–Crippen LogP) is 0.528. The maximum absolute atomic E-state index is 13.5. The van der Waals surface area contributed by atoms with Crippen molar-refractivity contribution in [3.63, 3.8) is 0 Å². The van der Waals surface area contributed by atoms with E-state index in [1.807, 2.05) is 6.07 Å². The van der Waals surface area contributed by atoms with E-state index in [1.54, 1.807) is 30.7 Å². The molecule has 6 fully saturated rings. The minimum atomic E-state index is -0.417. The highest BCUT2D eigenvalue weighted by Crippen LogP contribution is 3.09. The van der Waals surface area contributed by atoms with Crippen molar-refractivity contribution in [2.45, 2.75) is 12.0 Å². The molecule has 7 aliphatic rings. The Morgan fingerprint density at radius 1 is 1.05 bits per heavy atom. The molecule has 1 aromatic carbocycles. The number of ether oxygens (including phenoxy) is 1. The summed E-state index contributed by atoms with van der Waals surface area (Å²) in [7, 11) is 0. The van der Waals surface area contributed by atoms with Crippen molar-refractivity contribution in [1.29, 1.82) is 0 Å². The summed E-state index contributed by atoms with van der Waals surface area (Å²) in [5.41, 5.74) is 2.64. The Morgan fingerprint density at radius 2 is 1.88 bits per heavy atom. The van der Waals surface area contributed by atoms with E-state index in [2.05, 4.69) is 41.2 Å². The summed E-state index contributed by atoms with van der Waals surface area (Å²) in [6, 6.07) is 8.49. The molecule has 0 bridgehead atoms. The number of hydrogen-bond acceptors (Lipinski definition) is 8. The molecule has 3 aromatic heterocycles. The summed E-state index contributed by atoms with van der Waals surface area (Å²) in [6.45, 7) is 0.838. The van der Waals surface area contributed by atoms with Crippen LogP contribution in [0, 0.1) is 40.9 Å². The molecule has 13 heteroatoms. The number of carbonyl (C=O) groups is 3. The number of fused-ring (bicyclic) bond motifs is 2. The summed E-state index contributed by atoms with van der Waals surface area (Å²) in [5.74, 6) is 4.79. The molecule has 0 radical (unpaired) electrons. The number of anilines is 1. The normalized spacial score (nSPS) is 35.3. The molecule has 0 unspecified atom stereocenters. The number of hydrogen-bond donors (Lipinski definition) is 4. The minimum Gasteiger partial charge on any atom is -0.482 e. The van der Waals surface area contributed by atoms with E-state index in [4.69, 9.17) is 4.74 Å². The second kappa shape index (κ2) is 6.90. The third-order valence-corrected chi connectivity index (χ3v) is 11.2. The Bertz CT molecular complexity index is 1810. The molecule has 4 N–H and O–H groups in total. The smallest absolute Gasteiger partial charge is 0.270 e. The van der Waals surface area contributed by atoms with E-state index < -0.39 is 5.91 Å². The van der Waals surface area contributed by atoms with Crippen LogP contribution in [0.5, 0.6) is 5.75 Å². The summed E-state index contributed by atoms with van der Waals surface area (Å²) in [6.07, 6.45) is 3.17. The molecule has 0 saturated heterocycles. The third kappa shape index (κ3) is 2.25. The van der Waals surface area contributed by atoms with Gasteiger partial charge in [0.1, 0.15) is 29.3 Å². The van der Waals surface area contributed by atoms with E-state index in [1.165, 1.54) is 10.6 Å². The predicted molar refractivity (Wildman–Crippen MR) is 138 cm³/mol. The number of carbonyl (C=O) groups excluding carboxylic acids is 3. The number of amides is 3. The lowest BCUT2D eigenvalue weighted by atomic mass is 8.92. The number of aromatic nitrogens is 6. The zero-order chi connectivity index (χ0) is 27.2. The van der Waals surface area contributed by atoms with Crippen LogP contribution in [0.25, 0.3) is 5.65 Å². The van der Waals surface area contributed by atoms with Gasteiger partial charge >= 0.3 is 0 Å². The van der Waals surface area contributed by atoms with E-state index in [0.717, 1.165) is 11.4 Å². The fourth-order valence-electron chi connectivity index (χ4n) is 10.0. The molecule has 0 atom stereocenters. The summed E-state index contributed by atoms with van der Waals surface area (Å²) in [5, 5.41) is 20.3. The van der Waals surface area contributed by atoms with Gasteiger partial charge in [0.05, 0.1) is 11.9 Å². The number of nitrogens with zero attached hydrogens (tertiary/aromatic N) is 5. The Hall–Kier alpha value is -4.81. The van der Waals surface area contributed by atoms with Crippen LogP contribution in [0.15, 0.2) is 42.9 Å². The lowest BCUT2D eigenvalue weighted by molar-refractivity contribution is -0.627. The highest BCUT2D eigenvalue weighted by atomic mass is 16.5. The molecular formula is C28H23N9O4. The highest BCUT2D eigenvalue weighted by molar-refractivity contribution is 5.98. The topological polar surface area (TPSA) is 168 Å². The van der Waals surface area contributed by atoms with Crippen LogP contribution in [-0.4, -0.2) is 60.7 Å². The average molecular weight is 550 g/mol. The van der Waals surface area contributed by atoms with Crippen LogP contribution in [0.4, 0.5) is 5.69 Å². The monoisotopic (exact) mass is 549 g/mol. The lowest BCUT2D eigenvalue weighted by Crippen LogP contribution is -3.12. The van der Waals surface area contributed by atoms with E-state index >= 15 is 0 Å². The van der Waals surface area contributed by atoms with Crippen molar-refractivity contribution in [2.24, 2.45) is 40.9 Å². The molecule has 0 spiro atoms. The van der Waals surface area contributed by atoms with Crippen molar-refractivity contribution >= 4 is 29.1 Å². The van der Waals surface area contributed by atoms with Gasteiger partial charge in [-0.05, 0) is 58.6 Å². The van der Waals surface area contributed by atoms with Crippen LogP contribution < -0.4 is 20.7 Å². The second-order valence-corrected chi connectivity index (χ2v) is 12.2. The SMILES string of the molecule is O=C1COc2ccc(CNC(=O)c3cc(C(=O)NCC45C6C7C4C4C5C6C74c4ncn[nH]4)n4nccc4n3)cc2N1. The van der Waals surface area contributed by atoms with Crippen LogP contribution in [0.2, 0.25) is 0 Å². The van der Waals surface area contributed by atoms with E-state index in [0.29, 0.717) is 59.1 Å². The second-order valence-electron chi connectivity index (χ2n) is 12.2. The largest absolute Gasteiger partial charge is 0.482 e. The van der Waals surface area contributed by atoms with Gasteiger partial charge in [0.25, 0.3) is 17.7 Å². The number of H-pyrrole nitrogens is 1. The molecule has 204 valence electrons. The molecule has 3 amide bonds. The number of nitrogens with one attached hydrogen (secondary N) is 4. The van der Waals surface area contributed by atoms with Gasteiger partial charge < -0.3 is 20.7 Å².